The molecule has 8 heteroatoms. The van der Waals surface area contributed by atoms with Crippen LogP contribution in [0.1, 0.15) is 26.6 Å². The molecule has 0 fully saturated rings. The van der Waals surface area contributed by atoms with E-state index in [1.54, 1.807) is 14.0 Å². The van der Waals surface area contributed by atoms with E-state index in [-0.39, 0.29) is 17.4 Å². The van der Waals surface area contributed by atoms with Gasteiger partial charge in [0.25, 0.3) is 5.88 Å². The van der Waals surface area contributed by atoms with Crippen LogP contribution in [0.15, 0.2) is 0 Å². The summed E-state index contributed by atoms with van der Waals surface area (Å²) in [5, 5.41) is 14.2. The van der Waals surface area contributed by atoms with Gasteiger partial charge in [-0.15, -0.1) is 0 Å². The first-order valence-electron chi connectivity index (χ1n) is 6.90. The molecule has 1 rings (SSSR count). The van der Waals surface area contributed by atoms with Crippen LogP contribution in [-0.4, -0.2) is 41.8 Å². The second kappa shape index (κ2) is 8.35. The van der Waals surface area contributed by atoms with Gasteiger partial charge in [0.1, 0.15) is 5.82 Å². The lowest BCUT2D eigenvalue weighted by molar-refractivity contribution is -0.385. The van der Waals surface area contributed by atoms with Crippen molar-refractivity contribution >= 4 is 11.5 Å². The number of rotatable bonds is 9. The molecular formula is C13H22N4O4. The highest BCUT2D eigenvalue weighted by Crippen LogP contribution is 2.32. The number of anilines is 1. The van der Waals surface area contributed by atoms with Crippen molar-refractivity contribution in [2.45, 2.75) is 27.2 Å². The smallest absolute Gasteiger partial charge is 0.372 e. The Balaban J connectivity index is 3.19. The van der Waals surface area contributed by atoms with Crippen LogP contribution in [0, 0.1) is 16.0 Å². The molecule has 0 bridgehead atoms. The van der Waals surface area contributed by atoms with Crippen molar-refractivity contribution < 1.29 is 14.4 Å². The average Bonchev–Trinajstić information content (AvgIpc) is 2.38. The zero-order valence-corrected chi connectivity index (χ0v) is 12.9. The van der Waals surface area contributed by atoms with E-state index >= 15 is 0 Å². The van der Waals surface area contributed by atoms with Crippen LogP contribution in [0.3, 0.4) is 0 Å². The molecule has 118 valence electrons. The molecule has 1 N–H and O–H groups in total. The van der Waals surface area contributed by atoms with Crippen LogP contribution in [0.25, 0.3) is 0 Å². The highest BCUT2D eigenvalue weighted by molar-refractivity contribution is 5.61. The van der Waals surface area contributed by atoms with Gasteiger partial charge in [0.05, 0.1) is 18.1 Å². The number of aromatic nitrogens is 2. The third kappa shape index (κ3) is 5.14. The van der Waals surface area contributed by atoms with Crippen molar-refractivity contribution in [3.05, 3.63) is 15.9 Å². The minimum atomic E-state index is -0.528. The van der Waals surface area contributed by atoms with Crippen molar-refractivity contribution in [3.8, 4) is 5.88 Å². The standard InChI is InChI=1S/C13H22N4O4/c1-5-21-13-11(17(18)19)12(14-6-7-20-4)15-10(16-13)8-9(2)3/h9H,5-8H2,1-4H3,(H,14,15,16). The number of methoxy groups -OCH3 is 1. The molecule has 8 nitrogen and oxygen atoms in total. The second-order valence-corrected chi connectivity index (χ2v) is 4.85. The maximum Gasteiger partial charge on any atom is 0.372 e. The van der Waals surface area contributed by atoms with Crippen molar-refractivity contribution in [3.63, 3.8) is 0 Å². The Bertz CT molecular complexity index is 479. The topological polar surface area (TPSA) is 99.4 Å². The van der Waals surface area contributed by atoms with E-state index in [9.17, 15) is 10.1 Å². The van der Waals surface area contributed by atoms with E-state index in [0.717, 1.165) is 0 Å². The van der Waals surface area contributed by atoms with Crippen LogP contribution in [0.5, 0.6) is 5.88 Å². The van der Waals surface area contributed by atoms with Gasteiger partial charge in [0, 0.05) is 20.1 Å². The van der Waals surface area contributed by atoms with Crippen molar-refractivity contribution in [2.75, 3.05) is 32.2 Å². The lowest BCUT2D eigenvalue weighted by Crippen LogP contribution is -2.14. The molecule has 0 amide bonds. The minimum absolute atomic E-state index is 0.00747. The first-order valence-corrected chi connectivity index (χ1v) is 6.90. The summed E-state index contributed by atoms with van der Waals surface area (Å²) in [6.45, 7) is 6.96. The van der Waals surface area contributed by atoms with Crippen LogP contribution in [0.4, 0.5) is 11.5 Å². The Labute approximate surface area is 124 Å². The Kier molecular flexibility index (Phi) is 6.80. The highest BCUT2D eigenvalue weighted by Gasteiger charge is 2.26. The van der Waals surface area contributed by atoms with E-state index in [1.165, 1.54) is 0 Å². The van der Waals surface area contributed by atoms with Gasteiger partial charge in [0.2, 0.25) is 5.82 Å². The number of hydrogen-bond acceptors (Lipinski definition) is 7. The van der Waals surface area contributed by atoms with Gasteiger partial charge in [-0.2, -0.15) is 4.98 Å². The molecular weight excluding hydrogens is 276 g/mol. The zero-order chi connectivity index (χ0) is 15.8. The Hall–Kier alpha value is -1.96. The molecule has 0 aliphatic heterocycles. The van der Waals surface area contributed by atoms with Crippen LogP contribution >= 0.6 is 0 Å². The van der Waals surface area contributed by atoms with Gasteiger partial charge in [0.15, 0.2) is 0 Å². The van der Waals surface area contributed by atoms with E-state index in [2.05, 4.69) is 15.3 Å². The van der Waals surface area contributed by atoms with Gasteiger partial charge in [-0.3, -0.25) is 10.1 Å². The number of hydrogen-bond donors (Lipinski definition) is 1. The maximum absolute atomic E-state index is 11.3. The van der Waals surface area contributed by atoms with E-state index in [0.29, 0.717) is 37.9 Å². The minimum Gasteiger partial charge on any atom is -0.473 e. The molecule has 0 radical (unpaired) electrons. The summed E-state index contributed by atoms with van der Waals surface area (Å²) in [6, 6.07) is 0. The summed E-state index contributed by atoms with van der Waals surface area (Å²) in [4.78, 5) is 19.1. The maximum atomic E-state index is 11.3. The van der Waals surface area contributed by atoms with E-state index in [4.69, 9.17) is 9.47 Å². The SMILES string of the molecule is CCOc1nc(CC(C)C)nc(NCCOC)c1[N+](=O)[O-]. The molecule has 0 unspecified atom stereocenters. The number of nitro groups is 1. The lowest BCUT2D eigenvalue weighted by Gasteiger charge is -2.12. The third-order valence-corrected chi connectivity index (χ3v) is 2.55. The van der Waals surface area contributed by atoms with Crippen LogP contribution < -0.4 is 10.1 Å². The fraction of sp³-hybridized carbons (Fsp3) is 0.692. The zero-order valence-electron chi connectivity index (χ0n) is 12.9. The predicted molar refractivity (Wildman–Crippen MR) is 78.8 cm³/mol. The molecule has 0 aliphatic rings. The number of nitrogens with one attached hydrogen (secondary N) is 1. The summed E-state index contributed by atoms with van der Waals surface area (Å²) in [5.74, 6) is 1.05. The molecule has 0 saturated heterocycles. The molecule has 1 aromatic heterocycles. The fourth-order valence-electron chi connectivity index (χ4n) is 1.73. The van der Waals surface area contributed by atoms with Crippen LogP contribution in [-0.2, 0) is 11.2 Å². The monoisotopic (exact) mass is 298 g/mol. The Morgan fingerprint density at radius 1 is 1.38 bits per heavy atom. The molecule has 0 atom stereocenters. The Morgan fingerprint density at radius 2 is 2.10 bits per heavy atom. The summed E-state index contributed by atoms with van der Waals surface area (Å²) >= 11 is 0. The van der Waals surface area contributed by atoms with E-state index in [1.807, 2.05) is 13.8 Å². The van der Waals surface area contributed by atoms with Crippen molar-refractivity contribution in [1.29, 1.82) is 0 Å². The van der Waals surface area contributed by atoms with Gasteiger partial charge < -0.3 is 14.8 Å². The van der Waals surface area contributed by atoms with Crippen molar-refractivity contribution in [1.82, 2.24) is 9.97 Å². The number of nitrogens with zero attached hydrogens (tertiary/aromatic N) is 3. The average molecular weight is 298 g/mol. The fourth-order valence-corrected chi connectivity index (χ4v) is 1.73. The molecule has 1 aromatic rings. The van der Waals surface area contributed by atoms with Gasteiger partial charge in [-0.05, 0) is 12.8 Å². The quantitative estimate of drug-likeness (QED) is 0.423. The molecule has 0 aromatic carbocycles. The predicted octanol–water partition coefficient (Wildman–Crippen LogP) is 2.04. The number of ether oxygens (including phenoxy) is 2. The molecule has 1 heterocycles. The lowest BCUT2D eigenvalue weighted by atomic mass is 10.1. The normalized spacial score (nSPS) is 10.7. The highest BCUT2D eigenvalue weighted by atomic mass is 16.6. The molecule has 0 aliphatic carbocycles. The van der Waals surface area contributed by atoms with Crippen LogP contribution in [0.2, 0.25) is 0 Å². The van der Waals surface area contributed by atoms with Gasteiger partial charge in [-0.25, -0.2) is 4.98 Å². The second-order valence-electron chi connectivity index (χ2n) is 4.85. The summed E-state index contributed by atoms with van der Waals surface area (Å²) in [7, 11) is 1.56. The van der Waals surface area contributed by atoms with Gasteiger partial charge >= 0.3 is 5.69 Å². The first kappa shape index (κ1) is 17.1. The molecule has 21 heavy (non-hydrogen) atoms. The summed E-state index contributed by atoms with van der Waals surface area (Å²) < 4.78 is 10.2. The van der Waals surface area contributed by atoms with E-state index < -0.39 is 4.92 Å². The van der Waals surface area contributed by atoms with Gasteiger partial charge in [-0.1, -0.05) is 13.8 Å². The largest absolute Gasteiger partial charge is 0.473 e. The summed E-state index contributed by atoms with van der Waals surface area (Å²) in [6.07, 6.45) is 0.622. The molecule has 0 saturated carbocycles. The molecule has 0 spiro atoms. The van der Waals surface area contributed by atoms with Crippen molar-refractivity contribution in [2.24, 2.45) is 5.92 Å². The Morgan fingerprint density at radius 3 is 2.62 bits per heavy atom. The first-order chi connectivity index (χ1) is 9.99. The summed E-state index contributed by atoms with van der Waals surface area (Å²) in [5.41, 5.74) is -0.236. The third-order valence-electron chi connectivity index (χ3n) is 2.55.